The first-order chi connectivity index (χ1) is 8.17. The number of anilines is 1. The van der Waals surface area contributed by atoms with E-state index in [1.807, 2.05) is 11.8 Å². The Labute approximate surface area is 100 Å². The highest BCUT2D eigenvalue weighted by molar-refractivity contribution is 5.52. The highest BCUT2D eigenvalue weighted by atomic mass is 19.1. The first-order valence-corrected chi connectivity index (χ1v) is 6.12. The summed E-state index contributed by atoms with van der Waals surface area (Å²) in [6.07, 6.45) is 2.55. The molecule has 1 aromatic carbocycles. The van der Waals surface area contributed by atoms with E-state index in [1.165, 1.54) is 12.1 Å². The SMILES string of the molecule is CCN(c1c(F)cc(CCN)cc1F)C1CC1. The zero-order valence-electron chi connectivity index (χ0n) is 10.0. The second kappa shape index (κ2) is 5.00. The third-order valence-corrected chi connectivity index (χ3v) is 3.13. The van der Waals surface area contributed by atoms with Gasteiger partial charge in [0.25, 0.3) is 0 Å². The normalized spacial score (nSPS) is 15.1. The van der Waals surface area contributed by atoms with E-state index in [-0.39, 0.29) is 5.69 Å². The number of hydrogen-bond donors (Lipinski definition) is 1. The van der Waals surface area contributed by atoms with Crippen LogP contribution in [0.3, 0.4) is 0 Å². The average molecular weight is 240 g/mol. The Morgan fingerprint density at radius 1 is 1.29 bits per heavy atom. The van der Waals surface area contributed by atoms with E-state index in [2.05, 4.69) is 0 Å². The number of hydrogen-bond acceptors (Lipinski definition) is 2. The van der Waals surface area contributed by atoms with E-state index in [0.29, 0.717) is 31.1 Å². The molecule has 2 rings (SSSR count). The second-order valence-corrected chi connectivity index (χ2v) is 4.46. The molecule has 0 radical (unpaired) electrons. The summed E-state index contributed by atoms with van der Waals surface area (Å²) in [5.74, 6) is -0.940. The minimum atomic E-state index is -0.470. The molecule has 0 aliphatic heterocycles. The Morgan fingerprint density at radius 2 is 1.88 bits per heavy atom. The van der Waals surface area contributed by atoms with Crippen molar-refractivity contribution in [3.63, 3.8) is 0 Å². The first-order valence-electron chi connectivity index (χ1n) is 6.12. The summed E-state index contributed by atoms with van der Waals surface area (Å²) in [7, 11) is 0. The van der Waals surface area contributed by atoms with Crippen molar-refractivity contribution in [2.24, 2.45) is 5.73 Å². The van der Waals surface area contributed by atoms with Gasteiger partial charge in [0.15, 0.2) is 0 Å². The van der Waals surface area contributed by atoms with Crippen LogP contribution in [-0.4, -0.2) is 19.1 Å². The lowest BCUT2D eigenvalue weighted by molar-refractivity contribution is 0.567. The van der Waals surface area contributed by atoms with Gasteiger partial charge in [-0.3, -0.25) is 0 Å². The van der Waals surface area contributed by atoms with Crippen molar-refractivity contribution in [2.75, 3.05) is 18.0 Å². The molecule has 1 aliphatic rings. The van der Waals surface area contributed by atoms with Crippen LogP contribution < -0.4 is 10.6 Å². The molecule has 0 bridgehead atoms. The van der Waals surface area contributed by atoms with Gasteiger partial charge in [0.05, 0.1) is 0 Å². The fourth-order valence-electron chi connectivity index (χ4n) is 2.19. The summed E-state index contributed by atoms with van der Waals surface area (Å²) < 4.78 is 27.9. The molecular weight excluding hydrogens is 222 g/mol. The van der Waals surface area contributed by atoms with Gasteiger partial charge in [-0.2, -0.15) is 0 Å². The van der Waals surface area contributed by atoms with Gasteiger partial charge in [-0.15, -0.1) is 0 Å². The zero-order valence-corrected chi connectivity index (χ0v) is 10.0. The highest BCUT2D eigenvalue weighted by Gasteiger charge is 2.31. The maximum Gasteiger partial charge on any atom is 0.149 e. The van der Waals surface area contributed by atoms with Crippen LogP contribution in [0.4, 0.5) is 14.5 Å². The molecule has 4 heteroatoms. The third-order valence-electron chi connectivity index (χ3n) is 3.13. The third kappa shape index (κ3) is 2.57. The second-order valence-electron chi connectivity index (χ2n) is 4.46. The van der Waals surface area contributed by atoms with Crippen molar-refractivity contribution in [3.8, 4) is 0 Å². The van der Waals surface area contributed by atoms with Crippen molar-refractivity contribution in [1.82, 2.24) is 0 Å². The molecule has 0 heterocycles. The van der Waals surface area contributed by atoms with E-state index in [4.69, 9.17) is 5.73 Å². The summed E-state index contributed by atoms with van der Waals surface area (Å²) in [5, 5.41) is 0. The fraction of sp³-hybridized carbons (Fsp3) is 0.538. The summed E-state index contributed by atoms with van der Waals surface area (Å²) in [6, 6.07) is 3.11. The summed E-state index contributed by atoms with van der Waals surface area (Å²) >= 11 is 0. The van der Waals surface area contributed by atoms with Gasteiger partial charge in [0.2, 0.25) is 0 Å². The molecule has 0 unspecified atom stereocenters. The summed E-state index contributed by atoms with van der Waals surface area (Å²) in [6.45, 7) is 2.96. The molecule has 1 aromatic rings. The Morgan fingerprint density at radius 3 is 2.29 bits per heavy atom. The standard InChI is InChI=1S/C13H18F2N2/c1-2-17(10-3-4-10)13-11(14)7-9(5-6-16)8-12(13)15/h7-8,10H,2-6,16H2,1H3. The number of halogens is 2. The highest BCUT2D eigenvalue weighted by Crippen LogP contribution is 2.34. The van der Waals surface area contributed by atoms with Crippen LogP contribution in [-0.2, 0) is 6.42 Å². The number of nitrogens with zero attached hydrogens (tertiary/aromatic N) is 1. The minimum Gasteiger partial charge on any atom is -0.364 e. The lowest BCUT2D eigenvalue weighted by Gasteiger charge is -2.24. The quantitative estimate of drug-likeness (QED) is 0.856. The summed E-state index contributed by atoms with van der Waals surface area (Å²) in [5.41, 5.74) is 6.13. The fourth-order valence-corrected chi connectivity index (χ4v) is 2.19. The summed E-state index contributed by atoms with van der Waals surface area (Å²) in [4.78, 5) is 1.82. The molecule has 0 aromatic heterocycles. The van der Waals surface area contributed by atoms with Gasteiger partial charge in [-0.25, -0.2) is 8.78 Å². The molecule has 0 spiro atoms. The van der Waals surface area contributed by atoms with Crippen LogP contribution >= 0.6 is 0 Å². The molecule has 1 saturated carbocycles. The van der Waals surface area contributed by atoms with Gasteiger partial charge < -0.3 is 10.6 Å². The smallest absolute Gasteiger partial charge is 0.149 e. The molecule has 1 aliphatic carbocycles. The predicted molar refractivity (Wildman–Crippen MR) is 65.2 cm³/mol. The Bertz CT molecular complexity index is 379. The van der Waals surface area contributed by atoms with E-state index < -0.39 is 11.6 Å². The largest absolute Gasteiger partial charge is 0.364 e. The molecule has 0 amide bonds. The Balaban J connectivity index is 2.32. The van der Waals surface area contributed by atoms with Gasteiger partial charge in [-0.05, 0) is 50.4 Å². The Hall–Kier alpha value is -1.16. The molecule has 1 fully saturated rings. The van der Waals surface area contributed by atoms with Crippen molar-refractivity contribution in [3.05, 3.63) is 29.3 Å². The molecule has 94 valence electrons. The van der Waals surface area contributed by atoms with Gasteiger partial charge in [-0.1, -0.05) is 0 Å². The first kappa shape index (κ1) is 12.3. The van der Waals surface area contributed by atoms with Crippen LogP contribution in [0.15, 0.2) is 12.1 Å². The van der Waals surface area contributed by atoms with Crippen molar-refractivity contribution in [2.45, 2.75) is 32.2 Å². The van der Waals surface area contributed by atoms with E-state index >= 15 is 0 Å². The number of rotatable bonds is 5. The topological polar surface area (TPSA) is 29.3 Å². The maximum absolute atomic E-state index is 13.9. The monoisotopic (exact) mass is 240 g/mol. The van der Waals surface area contributed by atoms with E-state index in [0.717, 1.165) is 12.8 Å². The molecule has 17 heavy (non-hydrogen) atoms. The van der Waals surface area contributed by atoms with E-state index in [9.17, 15) is 8.78 Å². The van der Waals surface area contributed by atoms with Crippen LogP contribution in [0.25, 0.3) is 0 Å². The molecule has 2 N–H and O–H groups in total. The maximum atomic E-state index is 13.9. The van der Waals surface area contributed by atoms with Gasteiger partial charge in [0.1, 0.15) is 17.3 Å². The Kier molecular flexibility index (Phi) is 3.62. The zero-order chi connectivity index (χ0) is 12.4. The molecule has 0 saturated heterocycles. The van der Waals surface area contributed by atoms with E-state index in [1.54, 1.807) is 0 Å². The molecular formula is C13H18F2N2. The van der Waals surface area contributed by atoms with Crippen LogP contribution in [0.5, 0.6) is 0 Å². The number of benzene rings is 1. The lowest BCUT2D eigenvalue weighted by Crippen LogP contribution is -2.27. The van der Waals surface area contributed by atoms with Crippen molar-refractivity contribution < 1.29 is 8.78 Å². The van der Waals surface area contributed by atoms with Crippen LogP contribution in [0.1, 0.15) is 25.3 Å². The van der Waals surface area contributed by atoms with Crippen LogP contribution in [0.2, 0.25) is 0 Å². The average Bonchev–Trinajstić information content (AvgIpc) is 3.07. The van der Waals surface area contributed by atoms with Gasteiger partial charge >= 0.3 is 0 Å². The lowest BCUT2D eigenvalue weighted by atomic mass is 10.1. The van der Waals surface area contributed by atoms with Crippen LogP contribution in [0, 0.1) is 11.6 Å². The molecule has 2 nitrogen and oxygen atoms in total. The van der Waals surface area contributed by atoms with Gasteiger partial charge in [0, 0.05) is 12.6 Å². The number of nitrogens with two attached hydrogens (primary N) is 1. The van der Waals surface area contributed by atoms with Crippen molar-refractivity contribution in [1.29, 1.82) is 0 Å². The van der Waals surface area contributed by atoms with Crippen molar-refractivity contribution >= 4 is 5.69 Å². The molecule has 0 atom stereocenters. The minimum absolute atomic E-state index is 0.121. The predicted octanol–water partition coefficient (Wildman–Crippen LogP) is 2.45.